The summed E-state index contributed by atoms with van der Waals surface area (Å²) >= 11 is 0. The van der Waals surface area contributed by atoms with Crippen molar-refractivity contribution in [2.45, 2.75) is 43.4 Å². The third-order valence-electron chi connectivity index (χ3n) is 6.67. The maximum absolute atomic E-state index is 14.4. The van der Waals surface area contributed by atoms with Crippen LogP contribution in [0.25, 0.3) is 0 Å². The zero-order valence-corrected chi connectivity index (χ0v) is 19.9. The fourth-order valence-electron chi connectivity index (χ4n) is 4.82. The van der Waals surface area contributed by atoms with Gasteiger partial charge in [0.15, 0.2) is 0 Å². The molecule has 0 bridgehead atoms. The topological polar surface area (TPSA) is 66.9 Å². The molecule has 6 nitrogen and oxygen atoms in total. The summed E-state index contributed by atoms with van der Waals surface area (Å²) in [5.41, 5.74) is -0.778. The van der Waals surface area contributed by atoms with E-state index in [1.54, 1.807) is 0 Å². The second kappa shape index (κ2) is 10.4. The van der Waals surface area contributed by atoms with Crippen LogP contribution >= 0.6 is 0 Å². The molecule has 4 rings (SSSR count). The maximum Gasteiger partial charge on any atom is 0.246 e. The predicted octanol–water partition coefficient (Wildman–Crippen LogP) is 4.22. The highest BCUT2D eigenvalue weighted by molar-refractivity contribution is 7.89. The number of hydrogen-bond donors (Lipinski definition) is 0. The number of rotatable bonds is 7. The summed E-state index contributed by atoms with van der Waals surface area (Å²) < 4.78 is 61.5. The van der Waals surface area contributed by atoms with E-state index in [1.807, 2.05) is 4.90 Å². The van der Waals surface area contributed by atoms with Gasteiger partial charge in [-0.25, -0.2) is 17.2 Å². The minimum Gasteiger partial charge on any atom is -0.493 e. The van der Waals surface area contributed by atoms with Crippen LogP contribution in [0, 0.1) is 17.0 Å². The van der Waals surface area contributed by atoms with Crippen LogP contribution in [-0.4, -0.2) is 56.3 Å². The van der Waals surface area contributed by atoms with Gasteiger partial charge in [0.2, 0.25) is 15.9 Å². The van der Waals surface area contributed by atoms with Gasteiger partial charge in [0.25, 0.3) is 0 Å². The summed E-state index contributed by atoms with van der Waals surface area (Å²) in [6.07, 6.45) is 4.26. The molecule has 2 aromatic rings. The van der Waals surface area contributed by atoms with Gasteiger partial charge in [-0.3, -0.25) is 4.79 Å². The van der Waals surface area contributed by atoms with Crippen LogP contribution in [0.15, 0.2) is 53.4 Å². The first-order chi connectivity index (χ1) is 16.3. The number of likely N-dealkylation sites (tertiary alicyclic amines) is 1. The first-order valence-corrected chi connectivity index (χ1v) is 13.1. The first-order valence-electron chi connectivity index (χ1n) is 11.7. The minimum atomic E-state index is -4.08. The Morgan fingerprint density at radius 2 is 1.65 bits per heavy atom. The van der Waals surface area contributed by atoms with Crippen molar-refractivity contribution in [3.8, 4) is 5.75 Å². The molecule has 2 fully saturated rings. The molecule has 2 saturated heterocycles. The van der Waals surface area contributed by atoms with E-state index in [4.69, 9.17) is 4.74 Å². The van der Waals surface area contributed by atoms with Crippen LogP contribution < -0.4 is 4.74 Å². The van der Waals surface area contributed by atoms with Crippen molar-refractivity contribution in [3.05, 3.63) is 60.2 Å². The lowest BCUT2D eigenvalue weighted by atomic mass is 9.78. The van der Waals surface area contributed by atoms with Gasteiger partial charge in [0.1, 0.15) is 22.3 Å². The molecular weight excluding hydrogens is 462 g/mol. The quantitative estimate of drug-likeness (QED) is 0.581. The summed E-state index contributed by atoms with van der Waals surface area (Å²) in [7, 11) is -4.08. The molecule has 2 aliphatic heterocycles. The second-order valence-corrected chi connectivity index (χ2v) is 11.1. The Morgan fingerprint density at radius 1 is 0.941 bits per heavy atom. The van der Waals surface area contributed by atoms with Gasteiger partial charge in [0.05, 0.1) is 6.61 Å². The monoisotopic (exact) mass is 492 g/mol. The van der Waals surface area contributed by atoms with Gasteiger partial charge in [-0.2, -0.15) is 4.31 Å². The summed E-state index contributed by atoms with van der Waals surface area (Å²) in [6.45, 7) is 1.79. The summed E-state index contributed by atoms with van der Waals surface area (Å²) in [5.74, 6) is -0.763. The highest BCUT2D eigenvalue weighted by atomic mass is 32.2. The van der Waals surface area contributed by atoms with Gasteiger partial charge in [-0.05, 0) is 68.5 Å². The van der Waals surface area contributed by atoms with E-state index in [9.17, 15) is 22.0 Å². The van der Waals surface area contributed by atoms with Gasteiger partial charge in [-0.1, -0.05) is 12.1 Å². The molecule has 1 amide bonds. The lowest BCUT2D eigenvalue weighted by molar-refractivity contribution is -0.136. The molecule has 0 N–H and O–H groups in total. The molecule has 9 heteroatoms. The number of amides is 1. The molecular formula is C25H30F2N2O4S. The summed E-state index contributed by atoms with van der Waals surface area (Å²) in [4.78, 5) is 14.7. The highest BCUT2D eigenvalue weighted by Gasteiger charge is 2.43. The fraction of sp³-hybridized carbons (Fsp3) is 0.480. The number of carbonyl (C=O) groups excluding carboxylic acids is 1. The van der Waals surface area contributed by atoms with E-state index < -0.39 is 21.3 Å². The standard InChI is InChI=1S/C25H30F2N2O4S/c26-20-9-11-21(12-10-20)33-19-25(17-24(30)28-14-4-1-5-15-28)13-6-16-29(18-25)34(31,32)23-8-3-2-7-22(23)27/h2-3,7-12H,1,4-6,13-19H2. The van der Waals surface area contributed by atoms with Crippen molar-refractivity contribution >= 4 is 15.9 Å². The number of hydrogen-bond acceptors (Lipinski definition) is 4. The number of piperidine rings is 2. The third kappa shape index (κ3) is 5.58. The Balaban J connectivity index is 1.58. The number of carbonyl (C=O) groups is 1. The van der Waals surface area contributed by atoms with Crippen LogP contribution in [0.3, 0.4) is 0 Å². The fourth-order valence-corrected chi connectivity index (χ4v) is 6.47. The summed E-state index contributed by atoms with van der Waals surface area (Å²) in [6, 6.07) is 10.9. The molecule has 34 heavy (non-hydrogen) atoms. The van der Waals surface area contributed by atoms with Gasteiger partial charge in [0, 0.05) is 38.0 Å². The Kier molecular flexibility index (Phi) is 7.52. The van der Waals surface area contributed by atoms with Crippen LogP contribution in [0.4, 0.5) is 8.78 Å². The average molecular weight is 493 g/mol. The van der Waals surface area contributed by atoms with Gasteiger partial charge in [-0.15, -0.1) is 0 Å². The van der Waals surface area contributed by atoms with Crippen molar-refractivity contribution in [1.29, 1.82) is 0 Å². The molecule has 2 heterocycles. The first kappa shape index (κ1) is 24.6. The number of halogens is 2. The Morgan fingerprint density at radius 3 is 2.35 bits per heavy atom. The molecule has 1 unspecified atom stereocenters. The Bertz CT molecular complexity index is 1100. The van der Waals surface area contributed by atoms with Crippen LogP contribution in [0.5, 0.6) is 5.75 Å². The minimum absolute atomic E-state index is 0.0208. The zero-order valence-electron chi connectivity index (χ0n) is 19.1. The molecule has 0 aliphatic carbocycles. The van der Waals surface area contributed by atoms with Crippen molar-refractivity contribution in [2.75, 3.05) is 32.8 Å². The van der Waals surface area contributed by atoms with Crippen molar-refractivity contribution in [3.63, 3.8) is 0 Å². The van der Waals surface area contributed by atoms with Gasteiger partial charge < -0.3 is 9.64 Å². The van der Waals surface area contributed by atoms with E-state index in [1.165, 1.54) is 46.8 Å². The van der Waals surface area contributed by atoms with Crippen LogP contribution in [-0.2, 0) is 14.8 Å². The number of sulfonamides is 1. The van der Waals surface area contributed by atoms with Crippen molar-refractivity contribution < 1.29 is 26.7 Å². The Labute approximate surface area is 199 Å². The van der Waals surface area contributed by atoms with Gasteiger partial charge >= 0.3 is 0 Å². The third-order valence-corrected chi connectivity index (χ3v) is 8.55. The van der Waals surface area contributed by atoms with E-state index in [0.717, 1.165) is 25.3 Å². The smallest absolute Gasteiger partial charge is 0.246 e. The molecule has 0 spiro atoms. The van der Waals surface area contributed by atoms with Crippen molar-refractivity contribution in [2.24, 2.45) is 5.41 Å². The zero-order chi connectivity index (χ0) is 24.2. The second-order valence-electron chi connectivity index (χ2n) is 9.23. The number of benzene rings is 2. The largest absolute Gasteiger partial charge is 0.493 e. The molecule has 0 aromatic heterocycles. The predicted molar refractivity (Wildman–Crippen MR) is 124 cm³/mol. The SMILES string of the molecule is O=C(CC1(COc2ccc(F)cc2)CCCN(S(=O)(=O)c2ccccc2F)C1)N1CCCCC1. The average Bonchev–Trinajstić information content (AvgIpc) is 2.84. The van der Waals surface area contributed by atoms with Crippen LogP contribution in [0.2, 0.25) is 0 Å². The van der Waals surface area contributed by atoms with Crippen molar-refractivity contribution in [1.82, 2.24) is 9.21 Å². The Hall–Kier alpha value is -2.52. The molecule has 1 atom stereocenters. The number of ether oxygens (including phenoxy) is 1. The highest BCUT2D eigenvalue weighted by Crippen LogP contribution is 2.38. The lowest BCUT2D eigenvalue weighted by Crippen LogP contribution is -2.51. The lowest BCUT2D eigenvalue weighted by Gasteiger charge is -2.42. The van der Waals surface area contributed by atoms with E-state index in [-0.39, 0.29) is 42.7 Å². The molecule has 0 saturated carbocycles. The summed E-state index contributed by atoms with van der Waals surface area (Å²) in [5, 5.41) is 0. The molecule has 0 radical (unpaired) electrons. The van der Waals surface area contributed by atoms with E-state index >= 15 is 0 Å². The molecule has 2 aliphatic rings. The number of nitrogens with zero attached hydrogens (tertiary/aromatic N) is 2. The van der Waals surface area contributed by atoms with E-state index in [2.05, 4.69) is 0 Å². The molecule has 184 valence electrons. The molecule has 2 aromatic carbocycles. The van der Waals surface area contributed by atoms with Crippen LogP contribution in [0.1, 0.15) is 38.5 Å². The maximum atomic E-state index is 14.4. The normalized spacial score (nSPS) is 21.9. The van der Waals surface area contributed by atoms with E-state index in [0.29, 0.717) is 31.7 Å².